The van der Waals surface area contributed by atoms with Crippen LogP contribution < -0.4 is 11.8 Å². The van der Waals surface area contributed by atoms with Crippen LogP contribution in [0.15, 0.2) is 66.7 Å². The van der Waals surface area contributed by atoms with Gasteiger partial charge in [-0.05, 0) is 0 Å². The number of esters is 1. The quantitative estimate of drug-likeness (QED) is 0.360. The van der Waals surface area contributed by atoms with Gasteiger partial charge in [-0.15, -0.1) is 0 Å². The molecule has 0 heterocycles. The number of para-hydroxylation sites is 1. The Morgan fingerprint density at radius 1 is 1.05 bits per heavy atom. The molecule has 1 radical (unpaired) electrons. The molecule has 0 aliphatic rings. The van der Waals surface area contributed by atoms with Gasteiger partial charge < -0.3 is 0 Å². The first kappa shape index (κ1) is 13.9. The van der Waals surface area contributed by atoms with E-state index in [0.717, 1.165) is 3.51 Å². The van der Waals surface area contributed by atoms with Gasteiger partial charge in [-0.2, -0.15) is 0 Å². The third-order valence-electron chi connectivity index (χ3n) is 2.42. The standard InChI is InChI=1S/C10H9O2.C6H5.Sb/c1-8(2)10(11)12-9-6-4-3-5-7-9;1-2-4-6-5-3-1;/h3-6H,1H2,2H3;1-5H;. The third kappa shape index (κ3) is 3.97. The predicted molar refractivity (Wildman–Crippen MR) is 78.4 cm³/mol. The van der Waals surface area contributed by atoms with Gasteiger partial charge in [0.05, 0.1) is 0 Å². The fourth-order valence-corrected chi connectivity index (χ4v) is 4.29. The summed E-state index contributed by atoms with van der Waals surface area (Å²) >= 11 is -0.747. The number of carbonyl (C=O) groups excluding carboxylic acids is 1. The Labute approximate surface area is 123 Å². The Hall–Kier alpha value is -1.53. The molecule has 0 fully saturated rings. The van der Waals surface area contributed by atoms with Crippen molar-refractivity contribution in [1.29, 1.82) is 0 Å². The fourth-order valence-electron chi connectivity index (χ4n) is 1.46. The van der Waals surface area contributed by atoms with E-state index < -0.39 is 21.6 Å². The molecule has 0 bridgehead atoms. The summed E-state index contributed by atoms with van der Waals surface area (Å²) in [5.41, 5.74) is 0.414. The van der Waals surface area contributed by atoms with Gasteiger partial charge in [-0.3, -0.25) is 0 Å². The zero-order valence-corrected chi connectivity index (χ0v) is 13.2. The van der Waals surface area contributed by atoms with Crippen molar-refractivity contribution in [3.8, 4) is 5.75 Å². The van der Waals surface area contributed by atoms with Crippen molar-refractivity contribution in [2.45, 2.75) is 6.92 Å². The van der Waals surface area contributed by atoms with Crippen LogP contribution in [0.5, 0.6) is 5.75 Å². The van der Waals surface area contributed by atoms with Crippen LogP contribution >= 0.6 is 0 Å². The van der Waals surface area contributed by atoms with E-state index in [1.165, 1.54) is 3.51 Å². The van der Waals surface area contributed by atoms with Gasteiger partial charge in [0, 0.05) is 0 Å². The fraction of sp³-hybridized carbons (Fsp3) is 0.0625. The number of rotatable bonds is 4. The second kappa shape index (κ2) is 6.58. The maximum atomic E-state index is 11.6. The van der Waals surface area contributed by atoms with Crippen molar-refractivity contribution in [2.75, 3.05) is 0 Å². The third-order valence-corrected chi connectivity index (χ3v) is 5.75. The molecule has 2 rings (SSSR count). The summed E-state index contributed by atoms with van der Waals surface area (Å²) in [6, 6.07) is 18.1. The van der Waals surface area contributed by atoms with Crippen LogP contribution in [0.3, 0.4) is 0 Å². The molecule has 0 amide bonds. The van der Waals surface area contributed by atoms with Crippen molar-refractivity contribution in [3.05, 3.63) is 66.7 Å². The average molecular weight is 360 g/mol. The molecule has 0 saturated carbocycles. The molecular weight excluding hydrogens is 346 g/mol. The topological polar surface area (TPSA) is 26.3 Å². The summed E-state index contributed by atoms with van der Waals surface area (Å²) in [6.07, 6.45) is 0. The van der Waals surface area contributed by atoms with E-state index in [1.807, 2.05) is 42.5 Å². The van der Waals surface area contributed by atoms with Crippen molar-refractivity contribution in [1.82, 2.24) is 0 Å². The maximum absolute atomic E-state index is 11.6. The number of ether oxygens (including phenoxy) is 1. The summed E-state index contributed by atoms with van der Waals surface area (Å²) in [6.45, 7) is 5.26. The normalized spacial score (nSPS) is 9.95. The summed E-state index contributed by atoms with van der Waals surface area (Å²) in [5, 5.41) is 0. The number of benzene rings is 2. The summed E-state index contributed by atoms with van der Waals surface area (Å²) in [4.78, 5) is 11.6. The van der Waals surface area contributed by atoms with E-state index in [9.17, 15) is 4.79 Å². The number of hydrogen-bond donors (Lipinski definition) is 0. The van der Waals surface area contributed by atoms with Crippen LogP contribution in [0.4, 0.5) is 0 Å². The Morgan fingerprint density at radius 2 is 1.68 bits per heavy atom. The van der Waals surface area contributed by atoms with Gasteiger partial charge in [-0.1, -0.05) is 0 Å². The monoisotopic (exact) mass is 359 g/mol. The molecule has 0 aliphatic heterocycles. The molecule has 0 N–H and O–H groups in total. The molecule has 0 aliphatic carbocycles. The molecule has 0 unspecified atom stereocenters. The Balaban J connectivity index is 2.21. The van der Waals surface area contributed by atoms with Crippen LogP contribution in [0.2, 0.25) is 0 Å². The minimum atomic E-state index is -0.747. The molecule has 2 nitrogen and oxygen atoms in total. The van der Waals surface area contributed by atoms with Crippen molar-refractivity contribution >= 4 is 34.6 Å². The zero-order valence-electron chi connectivity index (χ0n) is 10.7. The predicted octanol–water partition coefficient (Wildman–Crippen LogP) is 1.82. The first-order chi connectivity index (χ1) is 9.16. The van der Waals surface area contributed by atoms with Crippen LogP contribution in [-0.2, 0) is 4.79 Å². The molecule has 0 spiro atoms. The first-order valence-corrected chi connectivity index (χ1v) is 8.45. The van der Waals surface area contributed by atoms with E-state index in [4.69, 9.17) is 4.74 Å². The number of hydrogen-bond acceptors (Lipinski definition) is 2. The van der Waals surface area contributed by atoms with Crippen LogP contribution in [0, 0.1) is 0 Å². The molecule has 95 valence electrons. The Kier molecular flexibility index (Phi) is 4.81. The second-order valence-electron chi connectivity index (χ2n) is 4.08. The van der Waals surface area contributed by atoms with Gasteiger partial charge >= 0.3 is 124 Å². The first-order valence-electron chi connectivity index (χ1n) is 5.90. The minimum absolute atomic E-state index is 0.364. The van der Waals surface area contributed by atoms with E-state index in [0.29, 0.717) is 11.3 Å². The molecule has 2 aromatic carbocycles. The Morgan fingerprint density at radius 3 is 2.37 bits per heavy atom. The van der Waals surface area contributed by atoms with Gasteiger partial charge in [0.15, 0.2) is 0 Å². The molecule has 0 aromatic heterocycles. The zero-order chi connectivity index (χ0) is 13.7. The van der Waals surface area contributed by atoms with E-state index in [-0.39, 0.29) is 5.97 Å². The molecule has 2 aromatic rings. The SMILES string of the molecule is C=C(C)C(=O)Oc1cccc[c]1[Sb][c]1ccccc1. The van der Waals surface area contributed by atoms with Gasteiger partial charge in [0.2, 0.25) is 0 Å². The number of carbonyl (C=O) groups is 1. The summed E-state index contributed by atoms with van der Waals surface area (Å²) in [7, 11) is 0. The van der Waals surface area contributed by atoms with Crippen LogP contribution in [-0.4, -0.2) is 27.6 Å². The molecule has 0 atom stereocenters. The van der Waals surface area contributed by atoms with E-state index in [2.05, 4.69) is 18.7 Å². The Bertz CT molecular complexity index is 591. The summed E-state index contributed by atoms with van der Waals surface area (Å²) < 4.78 is 7.85. The van der Waals surface area contributed by atoms with Crippen molar-refractivity contribution in [3.63, 3.8) is 0 Å². The van der Waals surface area contributed by atoms with Crippen molar-refractivity contribution in [2.24, 2.45) is 0 Å². The second-order valence-corrected chi connectivity index (χ2v) is 7.57. The van der Waals surface area contributed by atoms with Crippen molar-refractivity contribution < 1.29 is 9.53 Å². The van der Waals surface area contributed by atoms with Crippen LogP contribution in [0.25, 0.3) is 0 Å². The van der Waals surface area contributed by atoms with E-state index in [1.54, 1.807) is 6.92 Å². The average Bonchev–Trinajstić information content (AvgIpc) is 2.42. The van der Waals surface area contributed by atoms with Crippen LogP contribution in [0.1, 0.15) is 6.92 Å². The molecule has 0 saturated heterocycles. The van der Waals surface area contributed by atoms with Gasteiger partial charge in [-0.25, -0.2) is 0 Å². The molecule has 3 heteroatoms. The summed E-state index contributed by atoms with van der Waals surface area (Å²) in [5.74, 6) is 0.299. The molecule has 19 heavy (non-hydrogen) atoms. The van der Waals surface area contributed by atoms with E-state index >= 15 is 0 Å². The van der Waals surface area contributed by atoms with Gasteiger partial charge in [0.1, 0.15) is 0 Å². The molecular formula is C16H14O2Sb. The van der Waals surface area contributed by atoms with Gasteiger partial charge in [0.25, 0.3) is 0 Å².